The van der Waals surface area contributed by atoms with E-state index in [0.29, 0.717) is 0 Å². The van der Waals surface area contributed by atoms with Gasteiger partial charge in [-0.25, -0.2) is 0 Å². The number of benzene rings is 1. The van der Waals surface area contributed by atoms with Crippen LogP contribution < -0.4 is 5.32 Å². The zero-order chi connectivity index (χ0) is 14.8. The van der Waals surface area contributed by atoms with Gasteiger partial charge in [-0.2, -0.15) is 0 Å². The van der Waals surface area contributed by atoms with E-state index in [9.17, 15) is 0 Å². The summed E-state index contributed by atoms with van der Waals surface area (Å²) in [4.78, 5) is 2.47. The second kappa shape index (κ2) is 6.41. The highest BCUT2D eigenvalue weighted by atomic mass is 35.5. The summed E-state index contributed by atoms with van der Waals surface area (Å²) in [5, 5.41) is 6.46. The standard InChI is InChI=1S/C16H13Cl2NS2/c1-10-9-11(17)4-5-12(10)19-16(13-3-2-8-20-13)14-6-7-15(18)21-14/h2-9,16,19H,1H3. The molecule has 3 aromatic rings. The first kappa shape index (κ1) is 14.9. The molecule has 108 valence electrons. The summed E-state index contributed by atoms with van der Waals surface area (Å²) in [6.07, 6.45) is 0. The molecule has 0 aliphatic heterocycles. The summed E-state index contributed by atoms with van der Waals surface area (Å²) >= 11 is 15.5. The van der Waals surface area contributed by atoms with E-state index in [-0.39, 0.29) is 6.04 Å². The van der Waals surface area contributed by atoms with Gasteiger partial charge in [-0.3, -0.25) is 0 Å². The van der Waals surface area contributed by atoms with Crippen molar-refractivity contribution in [2.75, 3.05) is 5.32 Å². The number of halogens is 2. The third kappa shape index (κ3) is 3.43. The van der Waals surface area contributed by atoms with Gasteiger partial charge >= 0.3 is 0 Å². The van der Waals surface area contributed by atoms with Gasteiger partial charge in [0.05, 0.1) is 10.4 Å². The molecule has 2 heterocycles. The molecule has 1 aromatic carbocycles. The molecule has 1 nitrogen and oxygen atoms in total. The van der Waals surface area contributed by atoms with E-state index in [1.807, 2.05) is 24.3 Å². The molecular weight excluding hydrogens is 341 g/mol. The van der Waals surface area contributed by atoms with Gasteiger partial charge in [-0.05, 0) is 54.3 Å². The van der Waals surface area contributed by atoms with Crippen LogP contribution in [0.25, 0.3) is 0 Å². The van der Waals surface area contributed by atoms with E-state index in [1.54, 1.807) is 22.7 Å². The van der Waals surface area contributed by atoms with Crippen molar-refractivity contribution >= 4 is 51.6 Å². The fourth-order valence-electron chi connectivity index (χ4n) is 2.17. The van der Waals surface area contributed by atoms with Crippen LogP contribution in [-0.2, 0) is 0 Å². The molecule has 0 saturated heterocycles. The largest absolute Gasteiger partial charge is 0.373 e. The van der Waals surface area contributed by atoms with Crippen molar-refractivity contribution in [3.8, 4) is 0 Å². The van der Waals surface area contributed by atoms with E-state index in [0.717, 1.165) is 20.6 Å². The number of nitrogens with one attached hydrogen (secondary N) is 1. The maximum atomic E-state index is 6.10. The molecule has 5 heteroatoms. The third-order valence-corrected chi connectivity index (χ3v) is 5.66. The first-order chi connectivity index (χ1) is 10.1. The van der Waals surface area contributed by atoms with Crippen molar-refractivity contribution in [1.29, 1.82) is 0 Å². The summed E-state index contributed by atoms with van der Waals surface area (Å²) in [5.41, 5.74) is 2.22. The quantitative estimate of drug-likeness (QED) is 0.555. The molecule has 0 fully saturated rings. The van der Waals surface area contributed by atoms with Gasteiger partial charge in [0, 0.05) is 20.5 Å². The van der Waals surface area contributed by atoms with E-state index < -0.39 is 0 Å². The summed E-state index contributed by atoms with van der Waals surface area (Å²) in [7, 11) is 0. The Hall–Kier alpha value is -1.000. The van der Waals surface area contributed by atoms with Crippen LogP contribution in [0.1, 0.15) is 21.4 Å². The van der Waals surface area contributed by atoms with Crippen molar-refractivity contribution in [3.63, 3.8) is 0 Å². The van der Waals surface area contributed by atoms with Crippen LogP contribution in [0.2, 0.25) is 9.36 Å². The molecule has 0 aliphatic rings. The first-order valence-electron chi connectivity index (χ1n) is 6.45. The molecule has 0 saturated carbocycles. The summed E-state index contributed by atoms with van der Waals surface area (Å²) in [6.45, 7) is 2.06. The van der Waals surface area contributed by atoms with Crippen LogP contribution in [0.5, 0.6) is 0 Å². The van der Waals surface area contributed by atoms with Crippen LogP contribution in [-0.4, -0.2) is 0 Å². The molecule has 0 bridgehead atoms. The van der Waals surface area contributed by atoms with Gasteiger partial charge < -0.3 is 5.32 Å². The van der Waals surface area contributed by atoms with Crippen LogP contribution in [0.3, 0.4) is 0 Å². The normalized spacial score (nSPS) is 12.3. The lowest BCUT2D eigenvalue weighted by Crippen LogP contribution is -2.10. The molecule has 0 aliphatic carbocycles. The molecule has 3 rings (SSSR count). The molecule has 0 spiro atoms. The maximum Gasteiger partial charge on any atom is 0.0954 e. The van der Waals surface area contributed by atoms with E-state index in [2.05, 4.69) is 35.8 Å². The van der Waals surface area contributed by atoms with Gasteiger partial charge in [0.1, 0.15) is 0 Å². The second-order valence-electron chi connectivity index (χ2n) is 4.69. The highest BCUT2D eigenvalue weighted by Crippen LogP contribution is 2.36. The number of hydrogen-bond donors (Lipinski definition) is 1. The SMILES string of the molecule is Cc1cc(Cl)ccc1NC(c1cccs1)c1ccc(Cl)s1. The number of anilines is 1. The van der Waals surface area contributed by atoms with E-state index in [4.69, 9.17) is 23.2 Å². The summed E-state index contributed by atoms with van der Waals surface area (Å²) in [6, 6.07) is 14.2. The Bertz CT molecular complexity index is 735. The Morgan fingerprint density at radius 3 is 2.52 bits per heavy atom. The van der Waals surface area contributed by atoms with Gasteiger partial charge in [0.15, 0.2) is 0 Å². The number of hydrogen-bond acceptors (Lipinski definition) is 3. The van der Waals surface area contributed by atoms with Gasteiger partial charge in [-0.15, -0.1) is 22.7 Å². The first-order valence-corrected chi connectivity index (χ1v) is 8.90. The molecule has 1 atom stereocenters. The lowest BCUT2D eigenvalue weighted by atomic mass is 10.1. The average Bonchev–Trinajstić information content (AvgIpc) is 3.09. The fraction of sp³-hybridized carbons (Fsp3) is 0.125. The van der Waals surface area contributed by atoms with Gasteiger partial charge in [0.25, 0.3) is 0 Å². The maximum absolute atomic E-state index is 6.10. The zero-order valence-electron chi connectivity index (χ0n) is 11.3. The number of aryl methyl sites for hydroxylation is 1. The van der Waals surface area contributed by atoms with Gasteiger partial charge in [-0.1, -0.05) is 29.3 Å². The Labute approximate surface area is 142 Å². The van der Waals surface area contributed by atoms with Gasteiger partial charge in [0.2, 0.25) is 0 Å². The smallest absolute Gasteiger partial charge is 0.0954 e. The predicted molar refractivity (Wildman–Crippen MR) is 95.3 cm³/mol. The highest BCUT2D eigenvalue weighted by Gasteiger charge is 2.18. The monoisotopic (exact) mass is 353 g/mol. The van der Waals surface area contributed by atoms with Crippen molar-refractivity contribution in [3.05, 3.63) is 72.5 Å². The molecule has 0 radical (unpaired) electrons. The van der Waals surface area contributed by atoms with Crippen molar-refractivity contribution < 1.29 is 0 Å². The minimum absolute atomic E-state index is 0.113. The average molecular weight is 354 g/mol. The topological polar surface area (TPSA) is 12.0 Å². The Morgan fingerprint density at radius 1 is 1.05 bits per heavy atom. The van der Waals surface area contributed by atoms with Crippen LogP contribution in [0, 0.1) is 6.92 Å². The lowest BCUT2D eigenvalue weighted by molar-refractivity contribution is 0.989. The van der Waals surface area contributed by atoms with E-state index in [1.165, 1.54) is 9.75 Å². The minimum Gasteiger partial charge on any atom is -0.373 e. The molecular formula is C16H13Cl2NS2. The number of rotatable bonds is 4. The molecule has 0 amide bonds. The molecule has 1 N–H and O–H groups in total. The zero-order valence-corrected chi connectivity index (χ0v) is 14.4. The highest BCUT2D eigenvalue weighted by molar-refractivity contribution is 7.16. The molecule has 21 heavy (non-hydrogen) atoms. The predicted octanol–water partition coefficient (Wildman–Crippen LogP) is 6.63. The molecule has 1 unspecified atom stereocenters. The van der Waals surface area contributed by atoms with Crippen molar-refractivity contribution in [2.24, 2.45) is 0 Å². The fourth-order valence-corrected chi connectivity index (χ4v) is 4.39. The van der Waals surface area contributed by atoms with Crippen LogP contribution >= 0.6 is 45.9 Å². The Morgan fingerprint density at radius 2 is 1.90 bits per heavy atom. The van der Waals surface area contributed by atoms with Crippen LogP contribution in [0.4, 0.5) is 5.69 Å². The summed E-state index contributed by atoms with van der Waals surface area (Å²) in [5.74, 6) is 0. The minimum atomic E-state index is 0.113. The third-order valence-electron chi connectivity index (χ3n) is 3.19. The summed E-state index contributed by atoms with van der Waals surface area (Å²) < 4.78 is 0.807. The molecule has 2 aromatic heterocycles. The lowest BCUT2D eigenvalue weighted by Gasteiger charge is -2.19. The van der Waals surface area contributed by atoms with E-state index >= 15 is 0 Å². The van der Waals surface area contributed by atoms with Crippen molar-refractivity contribution in [1.82, 2.24) is 0 Å². The Kier molecular flexibility index (Phi) is 4.55. The van der Waals surface area contributed by atoms with Crippen LogP contribution in [0.15, 0.2) is 47.8 Å². The van der Waals surface area contributed by atoms with Crippen molar-refractivity contribution in [2.45, 2.75) is 13.0 Å². The second-order valence-corrected chi connectivity index (χ2v) is 7.86. The number of thiophene rings is 2. The Balaban J connectivity index is 1.96.